The third-order valence-electron chi connectivity index (χ3n) is 3.07. The number of carbonyl (C=O) groups excluding carboxylic acids is 1. The second-order valence-electron chi connectivity index (χ2n) is 4.21. The van der Waals surface area contributed by atoms with Gasteiger partial charge in [-0.05, 0) is 51.5 Å². The van der Waals surface area contributed by atoms with Gasteiger partial charge < -0.3 is 4.90 Å². The van der Waals surface area contributed by atoms with E-state index in [0.717, 1.165) is 19.5 Å². The molecular formula is C13H11BrN2OS. The highest BCUT2D eigenvalue weighted by atomic mass is 79.9. The van der Waals surface area contributed by atoms with Crippen LogP contribution < -0.4 is 0 Å². The molecule has 1 amide bonds. The van der Waals surface area contributed by atoms with Crippen LogP contribution in [0.25, 0.3) is 0 Å². The number of fused-ring (bicyclic) bond motifs is 1. The Balaban J connectivity index is 1.83. The van der Waals surface area contributed by atoms with Crippen LogP contribution in [0.3, 0.4) is 0 Å². The van der Waals surface area contributed by atoms with E-state index < -0.39 is 0 Å². The molecule has 0 bridgehead atoms. The molecule has 18 heavy (non-hydrogen) atoms. The minimum atomic E-state index is 0.0787. The maximum Gasteiger partial charge on any atom is 0.254 e. The van der Waals surface area contributed by atoms with Crippen molar-refractivity contribution in [2.45, 2.75) is 13.0 Å². The lowest BCUT2D eigenvalue weighted by Crippen LogP contribution is -2.35. The van der Waals surface area contributed by atoms with Gasteiger partial charge in [0.1, 0.15) is 4.60 Å². The predicted molar refractivity (Wildman–Crippen MR) is 74.7 cm³/mol. The van der Waals surface area contributed by atoms with E-state index in [0.29, 0.717) is 10.2 Å². The van der Waals surface area contributed by atoms with E-state index in [1.165, 1.54) is 10.4 Å². The van der Waals surface area contributed by atoms with Crippen LogP contribution in [0.2, 0.25) is 0 Å². The first-order valence-corrected chi connectivity index (χ1v) is 7.37. The molecule has 0 atom stereocenters. The lowest BCUT2D eigenvalue weighted by molar-refractivity contribution is 0.0735. The number of hydrogen-bond acceptors (Lipinski definition) is 3. The summed E-state index contributed by atoms with van der Waals surface area (Å²) in [7, 11) is 0. The van der Waals surface area contributed by atoms with Gasteiger partial charge in [0.05, 0.1) is 0 Å². The third kappa shape index (κ3) is 2.20. The molecular weight excluding hydrogens is 312 g/mol. The Kier molecular flexibility index (Phi) is 3.18. The van der Waals surface area contributed by atoms with Crippen LogP contribution in [-0.2, 0) is 13.0 Å². The molecule has 0 spiro atoms. The minimum Gasteiger partial charge on any atom is -0.334 e. The molecule has 0 fully saturated rings. The lowest BCUT2D eigenvalue weighted by atomic mass is 10.1. The zero-order valence-corrected chi connectivity index (χ0v) is 12.0. The van der Waals surface area contributed by atoms with Gasteiger partial charge in [-0.3, -0.25) is 4.79 Å². The van der Waals surface area contributed by atoms with Crippen molar-refractivity contribution in [2.75, 3.05) is 6.54 Å². The number of carbonyl (C=O) groups is 1. The zero-order valence-electron chi connectivity index (χ0n) is 9.60. The Morgan fingerprint density at radius 1 is 1.44 bits per heavy atom. The van der Waals surface area contributed by atoms with Gasteiger partial charge in [-0.1, -0.05) is 0 Å². The number of pyridine rings is 1. The molecule has 0 aliphatic carbocycles. The summed E-state index contributed by atoms with van der Waals surface area (Å²) in [5.41, 5.74) is 1.98. The van der Waals surface area contributed by atoms with E-state index in [9.17, 15) is 4.79 Å². The molecule has 0 saturated carbocycles. The van der Waals surface area contributed by atoms with E-state index >= 15 is 0 Å². The summed E-state index contributed by atoms with van der Waals surface area (Å²) in [6.45, 7) is 1.52. The molecule has 0 aromatic carbocycles. The van der Waals surface area contributed by atoms with Crippen LogP contribution in [-0.4, -0.2) is 22.3 Å². The van der Waals surface area contributed by atoms with Crippen LogP contribution in [0.5, 0.6) is 0 Å². The highest BCUT2D eigenvalue weighted by Crippen LogP contribution is 2.25. The Morgan fingerprint density at radius 3 is 3.17 bits per heavy atom. The minimum absolute atomic E-state index is 0.0787. The molecule has 3 rings (SSSR count). The SMILES string of the molecule is O=C(c1ccnc(Br)c1)N1CCc2sccc2C1. The van der Waals surface area contributed by atoms with Crippen molar-refractivity contribution in [2.24, 2.45) is 0 Å². The molecule has 0 saturated heterocycles. The summed E-state index contributed by atoms with van der Waals surface area (Å²) in [6.07, 6.45) is 2.61. The molecule has 0 unspecified atom stereocenters. The summed E-state index contributed by atoms with van der Waals surface area (Å²) in [4.78, 5) is 19.7. The summed E-state index contributed by atoms with van der Waals surface area (Å²) >= 11 is 5.08. The standard InChI is InChI=1S/C13H11BrN2OS/c14-12-7-9(1-4-15-12)13(17)16-5-2-11-10(8-16)3-6-18-11/h1,3-4,6-7H,2,5,8H2. The van der Waals surface area contributed by atoms with Gasteiger partial charge in [0.15, 0.2) is 0 Å². The first-order chi connectivity index (χ1) is 8.74. The molecule has 0 radical (unpaired) electrons. The fraction of sp³-hybridized carbons (Fsp3) is 0.231. The van der Waals surface area contributed by atoms with Gasteiger partial charge in [-0.25, -0.2) is 4.98 Å². The van der Waals surface area contributed by atoms with E-state index in [4.69, 9.17) is 0 Å². The first-order valence-electron chi connectivity index (χ1n) is 5.70. The number of rotatable bonds is 1. The van der Waals surface area contributed by atoms with Crippen molar-refractivity contribution in [3.8, 4) is 0 Å². The van der Waals surface area contributed by atoms with Gasteiger partial charge >= 0.3 is 0 Å². The largest absolute Gasteiger partial charge is 0.334 e. The van der Waals surface area contributed by atoms with Gasteiger partial charge in [0.2, 0.25) is 0 Å². The lowest BCUT2D eigenvalue weighted by Gasteiger charge is -2.27. The van der Waals surface area contributed by atoms with Crippen LogP contribution in [0.4, 0.5) is 0 Å². The average molecular weight is 323 g/mol. The first kappa shape index (κ1) is 11.9. The quantitative estimate of drug-likeness (QED) is 0.756. The van der Waals surface area contributed by atoms with Gasteiger partial charge in [0.25, 0.3) is 5.91 Å². The van der Waals surface area contributed by atoms with Crippen molar-refractivity contribution in [3.05, 3.63) is 50.4 Å². The van der Waals surface area contributed by atoms with Crippen molar-refractivity contribution in [1.29, 1.82) is 0 Å². The molecule has 2 aromatic heterocycles. The maximum absolute atomic E-state index is 12.4. The Morgan fingerprint density at radius 2 is 2.33 bits per heavy atom. The number of thiophene rings is 1. The summed E-state index contributed by atoms with van der Waals surface area (Å²) in [5, 5.41) is 2.10. The molecule has 0 N–H and O–H groups in total. The molecule has 2 aromatic rings. The fourth-order valence-corrected chi connectivity index (χ4v) is 3.39. The molecule has 3 heterocycles. The van der Waals surface area contributed by atoms with Crippen molar-refractivity contribution in [1.82, 2.24) is 9.88 Å². The third-order valence-corrected chi connectivity index (χ3v) is 4.53. The average Bonchev–Trinajstić information content (AvgIpc) is 2.85. The van der Waals surface area contributed by atoms with E-state index in [1.54, 1.807) is 29.7 Å². The Bertz CT molecular complexity index is 596. The van der Waals surface area contributed by atoms with Crippen LogP contribution in [0.15, 0.2) is 34.4 Å². The van der Waals surface area contributed by atoms with Gasteiger partial charge in [0, 0.05) is 29.7 Å². The second-order valence-corrected chi connectivity index (χ2v) is 6.03. The fourth-order valence-electron chi connectivity index (χ4n) is 2.14. The van der Waals surface area contributed by atoms with E-state index in [2.05, 4.69) is 32.4 Å². The highest BCUT2D eigenvalue weighted by Gasteiger charge is 2.22. The number of halogens is 1. The zero-order chi connectivity index (χ0) is 12.5. The van der Waals surface area contributed by atoms with Crippen molar-refractivity contribution < 1.29 is 4.79 Å². The smallest absolute Gasteiger partial charge is 0.254 e. The molecule has 5 heteroatoms. The van der Waals surface area contributed by atoms with Crippen molar-refractivity contribution >= 4 is 33.2 Å². The summed E-state index contributed by atoms with van der Waals surface area (Å²) < 4.78 is 0.696. The predicted octanol–water partition coefficient (Wildman–Crippen LogP) is 3.10. The van der Waals surface area contributed by atoms with Crippen LogP contribution in [0.1, 0.15) is 20.8 Å². The Hall–Kier alpha value is -1.20. The van der Waals surface area contributed by atoms with Gasteiger partial charge in [-0.2, -0.15) is 0 Å². The summed E-state index contributed by atoms with van der Waals surface area (Å²) in [5.74, 6) is 0.0787. The molecule has 1 aliphatic heterocycles. The van der Waals surface area contributed by atoms with Crippen LogP contribution in [0, 0.1) is 0 Å². The molecule has 1 aliphatic rings. The van der Waals surface area contributed by atoms with E-state index in [-0.39, 0.29) is 5.91 Å². The second kappa shape index (κ2) is 4.82. The Labute approximate surface area is 118 Å². The number of nitrogens with zero attached hydrogens (tertiary/aromatic N) is 2. The maximum atomic E-state index is 12.4. The highest BCUT2D eigenvalue weighted by molar-refractivity contribution is 9.10. The topological polar surface area (TPSA) is 33.2 Å². The van der Waals surface area contributed by atoms with Crippen LogP contribution >= 0.6 is 27.3 Å². The number of amides is 1. The normalized spacial score (nSPS) is 14.4. The summed E-state index contributed by atoms with van der Waals surface area (Å²) in [6, 6.07) is 5.64. The number of hydrogen-bond donors (Lipinski definition) is 0. The number of aromatic nitrogens is 1. The van der Waals surface area contributed by atoms with Gasteiger partial charge in [-0.15, -0.1) is 11.3 Å². The monoisotopic (exact) mass is 322 g/mol. The molecule has 3 nitrogen and oxygen atoms in total. The van der Waals surface area contributed by atoms with Crippen molar-refractivity contribution in [3.63, 3.8) is 0 Å². The van der Waals surface area contributed by atoms with E-state index in [1.807, 2.05) is 4.90 Å². The molecule has 92 valence electrons.